The van der Waals surface area contributed by atoms with Gasteiger partial charge in [0, 0.05) is 15.8 Å². The first-order valence-electron chi connectivity index (χ1n) is 5.13. The maximum atomic E-state index is 12.4. The number of alkyl halides is 3. The predicted octanol–water partition coefficient (Wildman–Crippen LogP) is 3.13. The summed E-state index contributed by atoms with van der Waals surface area (Å²) >= 11 is 2.01. The van der Waals surface area contributed by atoms with Crippen LogP contribution in [0.3, 0.4) is 0 Å². The van der Waals surface area contributed by atoms with Gasteiger partial charge in [-0.3, -0.25) is 0 Å². The van der Waals surface area contributed by atoms with E-state index in [0.717, 1.165) is 3.57 Å². The van der Waals surface area contributed by atoms with Gasteiger partial charge in [0.1, 0.15) is 17.8 Å². The predicted molar refractivity (Wildman–Crippen MR) is 70.0 cm³/mol. The van der Waals surface area contributed by atoms with E-state index < -0.39 is 18.6 Å². The Balaban J connectivity index is 2.49. The van der Waals surface area contributed by atoms with Gasteiger partial charge in [0.25, 0.3) is 0 Å². The van der Waals surface area contributed by atoms with Crippen molar-refractivity contribution in [3.8, 4) is 0 Å². The third-order valence-corrected chi connectivity index (χ3v) is 3.41. The smallest absolute Gasteiger partial charge is 0.383 e. The topological polar surface area (TPSA) is 56.7 Å². The normalized spacial score (nSPS) is 14.1. The van der Waals surface area contributed by atoms with Crippen molar-refractivity contribution in [3.63, 3.8) is 0 Å². The summed E-state index contributed by atoms with van der Waals surface area (Å²) in [6.07, 6.45) is -2.24. The lowest BCUT2D eigenvalue weighted by Gasteiger charge is -2.16. The summed E-state index contributed by atoms with van der Waals surface area (Å²) in [5.74, 6) is 0.280. The number of halogens is 4. The van der Waals surface area contributed by atoms with Crippen LogP contribution in [0, 0.1) is 3.57 Å². The third kappa shape index (κ3) is 2.52. The van der Waals surface area contributed by atoms with Gasteiger partial charge in [0.2, 0.25) is 0 Å². The van der Waals surface area contributed by atoms with Gasteiger partial charge in [-0.15, -0.1) is 0 Å². The summed E-state index contributed by atoms with van der Waals surface area (Å²) in [7, 11) is 0. The highest BCUT2D eigenvalue weighted by atomic mass is 127. The van der Waals surface area contributed by atoms with Gasteiger partial charge in [-0.05, 0) is 29.5 Å². The average molecular weight is 370 g/mol. The van der Waals surface area contributed by atoms with Gasteiger partial charge >= 0.3 is 6.18 Å². The van der Waals surface area contributed by atoms with Crippen molar-refractivity contribution in [2.45, 2.75) is 25.6 Å². The van der Waals surface area contributed by atoms with Gasteiger partial charge in [-0.25, -0.2) is 9.97 Å². The highest BCUT2D eigenvalue weighted by Crippen LogP contribution is 2.32. The van der Waals surface area contributed by atoms with Gasteiger partial charge < -0.3 is 10.3 Å². The van der Waals surface area contributed by atoms with Crippen molar-refractivity contribution in [1.29, 1.82) is 0 Å². The highest BCUT2D eigenvalue weighted by molar-refractivity contribution is 14.1. The quantitative estimate of drug-likeness (QED) is 0.827. The zero-order valence-electron chi connectivity index (χ0n) is 9.37. The zero-order valence-corrected chi connectivity index (χ0v) is 11.5. The number of nitrogen functional groups attached to an aromatic ring is 1. The number of hydrogen-bond donors (Lipinski definition) is 1. The zero-order chi connectivity index (χ0) is 13.5. The number of fused-ring (bicyclic) bond motifs is 1. The summed E-state index contributed by atoms with van der Waals surface area (Å²) in [5, 5.41) is 0.604. The molecule has 2 aromatic rings. The van der Waals surface area contributed by atoms with Gasteiger partial charge in [0.15, 0.2) is 0 Å². The van der Waals surface area contributed by atoms with E-state index in [0.29, 0.717) is 11.0 Å². The lowest BCUT2D eigenvalue weighted by atomic mass is 10.2. The van der Waals surface area contributed by atoms with Crippen LogP contribution in [-0.4, -0.2) is 20.7 Å². The molecule has 0 aromatic carbocycles. The van der Waals surface area contributed by atoms with Crippen molar-refractivity contribution in [2.75, 3.05) is 5.73 Å². The van der Waals surface area contributed by atoms with E-state index in [1.165, 1.54) is 17.8 Å². The molecule has 1 unspecified atom stereocenters. The van der Waals surface area contributed by atoms with Crippen LogP contribution < -0.4 is 5.73 Å². The number of rotatable bonds is 2. The Labute approximate surface area is 115 Å². The van der Waals surface area contributed by atoms with E-state index in [-0.39, 0.29) is 5.82 Å². The molecule has 18 heavy (non-hydrogen) atoms. The fourth-order valence-corrected chi connectivity index (χ4v) is 2.65. The molecule has 2 aromatic heterocycles. The van der Waals surface area contributed by atoms with Crippen LogP contribution in [0.2, 0.25) is 0 Å². The van der Waals surface area contributed by atoms with Crippen LogP contribution in [0.4, 0.5) is 19.0 Å². The maximum absolute atomic E-state index is 12.4. The van der Waals surface area contributed by atoms with Crippen LogP contribution in [0.25, 0.3) is 11.0 Å². The van der Waals surface area contributed by atoms with Gasteiger partial charge in [-0.1, -0.05) is 0 Å². The Bertz CT molecular complexity index is 578. The summed E-state index contributed by atoms with van der Waals surface area (Å²) < 4.78 is 39.4. The molecule has 0 aliphatic carbocycles. The Kier molecular flexibility index (Phi) is 3.39. The SMILES string of the molecule is CC(CC(F)(F)F)n1cc(I)c2c(N)ncnc21. The van der Waals surface area contributed by atoms with Crippen LogP contribution in [0.15, 0.2) is 12.5 Å². The Morgan fingerprint density at radius 2 is 2.11 bits per heavy atom. The maximum Gasteiger partial charge on any atom is 0.391 e. The molecule has 4 nitrogen and oxygen atoms in total. The molecule has 0 saturated carbocycles. The van der Waals surface area contributed by atoms with Crippen molar-refractivity contribution in [1.82, 2.24) is 14.5 Å². The molecule has 0 radical (unpaired) electrons. The molecule has 0 bridgehead atoms. The lowest BCUT2D eigenvalue weighted by molar-refractivity contribution is -0.141. The summed E-state index contributed by atoms with van der Waals surface area (Å²) in [6, 6.07) is -0.731. The second-order valence-corrected chi connectivity index (χ2v) is 5.17. The molecule has 2 N–H and O–H groups in total. The second kappa shape index (κ2) is 4.56. The lowest BCUT2D eigenvalue weighted by Crippen LogP contribution is -2.16. The Morgan fingerprint density at radius 1 is 1.44 bits per heavy atom. The molecular formula is C10H10F3IN4. The molecule has 2 heterocycles. The molecular weight excluding hydrogens is 360 g/mol. The molecule has 1 atom stereocenters. The van der Waals surface area contributed by atoms with Crippen LogP contribution in [0.1, 0.15) is 19.4 Å². The van der Waals surface area contributed by atoms with E-state index in [1.54, 1.807) is 6.20 Å². The van der Waals surface area contributed by atoms with Crippen molar-refractivity contribution >= 4 is 39.4 Å². The molecule has 0 fully saturated rings. The summed E-state index contributed by atoms with van der Waals surface area (Å²) in [5.41, 5.74) is 6.14. The fraction of sp³-hybridized carbons (Fsp3) is 0.400. The fourth-order valence-electron chi connectivity index (χ4n) is 1.83. The first-order valence-corrected chi connectivity index (χ1v) is 6.20. The minimum absolute atomic E-state index is 0.280. The van der Waals surface area contributed by atoms with Gasteiger partial charge in [0.05, 0.1) is 11.8 Å². The number of anilines is 1. The number of aromatic nitrogens is 3. The van der Waals surface area contributed by atoms with Crippen LogP contribution in [-0.2, 0) is 0 Å². The van der Waals surface area contributed by atoms with E-state index in [4.69, 9.17) is 5.73 Å². The largest absolute Gasteiger partial charge is 0.391 e. The van der Waals surface area contributed by atoms with Crippen LogP contribution in [0.5, 0.6) is 0 Å². The molecule has 8 heteroatoms. The summed E-state index contributed by atoms with van der Waals surface area (Å²) in [6.45, 7) is 1.50. The number of nitrogens with two attached hydrogens (primary N) is 1. The minimum Gasteiger partial charge on any atom is -0.383 e. The first kappa shape index (κ1) is 13.4. The Morgan fingerprint density at radius 3 is 2.72 bits per heavy atom. The average Bonchev–Trinajstić information content (AvgIpc) is 2.55. The minimum atomic E-state index is -4.21. The van der Waals surface area contributed by atoms with Crippen molar-refractivity contribution < 1.29 is 13.2 Å². The monoisotopic (exact) mass is 370 g/mol. The highest BCUT2D eigenvalue weighted by Gasteiger charge is 2.31. The second-order valence-electron chi connectivity index (χ2n) is 4.01. The third-order valence-electron chi connectivity index (χ3n) is 2.59. The van der Waals surface area contributed by atoms with Crippen molar-refractivity contribution in [2.24, 2.45) is 0 Å². The number of nitrogens with zero attached hydrogens (tertiary/aromatic N) is 3. The molecule has 0 amide bonds. The first-order chi connectivity index (χ1) is 8.29. The molecule has 98 valence electrons. The van der Waals surface area contributed by atoms with E-state index in [2.05, 4.69) is 9.97 Å². The molecule has 0 aliphatic rings. The molecule has 2 rings (SSSR count). The standard InChI is InChI=1S/C10H10F3IN4/c1-5(2-10(11,12)13)18-3-6(14)7-8(15)16-4-17-9(7)18/h3-5H,2H2,1H3,(H2,15,16,17). The van der Waals surface area contributed by atoms with Crippen molar-refractivity contribution in [3.05, 3.63) is 16.1 Å². The number of hydrogen-bond acceptors (Lipinski definition) is 3. The Hall–Kier alpha value is -1.06. The van der Waals surface area contributed by atoms with Gasteiger partial charge in [-0.2, -0.15) is 13.2 Å². The molecule has 0 aliphatic heterocycles. The molecule has 0 spiro atoms. The van der Waals surface area contributed by atoms with E-state index in [9.17, 15) is 13.2 Å². The van der Waals surface area contributed by atoms with E-state index >= 15 is 0 Å². The summed E-state index contributed by atoms with van der Waals surface area (Å²) in [4.78, 5) is 7.86. The molecule has 0 saturated heterocycles. The van der Waals surface area contributed by atoms with Crippen LogP contribution >= 0.6 is 22.6 Å². The van der Waals surface area contributed by atoms with E-state index in [1.807, 2.05) is 22.6 Å².